The highest BCUT2D eigenvalue weighted by atomic mass is 19.1. The largest absolute Gasteiger partial charge is 0.477 e. The molecule has 0 saturated heterocycles. The highest BCUT2D eigenvalue weighted by molar-refractivity contribution is 5.25. The normalized spacial score (nSPS) is 16.6. The van der Waals surface area contributed by atoms with Gasteiger partial charge in [-0.05, 0) is 24.8 Å². The number of aromatic nitrogens is 1. The predicted octanol–water partition coefficient (Wildman–Crippen LogP) is 2.25. The van der Waals surface area contributed by atoms with Crippen molar-refractivity contribution in [3.8, 4) is 5.88 Å². The van der Waals surface area contributed by atoms with E-state index in [0.29, 0.717) is 24.0 Å². The predicted molar refractivity (Wildman–Crippen MR) is 59.5 cm³/mol. The van der Waals surface area contributed by atoms with Crippen LogP contribution in [0.25, 0.3) is 0 Å². The maximum absolute atomic E-state index is 12.9. The Morgan fingerprint density at radius 2 is 2.19 bits per heavy atom. The first kappa shape index (κ1) is 11.3. The van der Waals surface area contributed by atoms with E-state index < -0.39 is 0 Å². The second-order valence-corrected chi connectivity index (χ2v) is 4.28. The number of halogens is 1. The molecule has 1 aliphatic carbocycles. The van der Waals surface area contributed by atoms with Crippen LogP contribution in [0.4, 0.5) is 4.39 Å². The minimum absolute atomic E-state index is 0.255. The van der Waals surface area contributed by atoms with E-state index in [9.17, 15) is 4.39 Å². The molecule has 0 atom stereocenters. The number of hydrogen-bond donors (Lipinski definition) is 1. The first-order chi connectivity index (χ1) is 7.79. The first-order valence-corrected chi connectivity index (χ1v) is 5.77. The van der Waals surface area contributed by atoms with E-state index in [1.807, 2.05) is 0 Å². The summed E-state index contributed by atoms with van der Waals surface area (Å²) < 4.78 is 18.5. The van der Waals surface area contributed by atoms with Crippen LogP contribution in [0.1, 0.15) is 31.2 Å². The molecule has 2 N–H and O–H groups in total. The Morgan fingerprint density at radius 3 is 2.88 bits per heavy atom. The second-order valence-electron chi connectivity index (χ2n) is 4.28. The van der Waals surface area contributed by atoms with E-state index in [4.69, 9.17) is 10.5 Å². The lowest BCUT2D eigenvalue weighted by Crippen LogP contribution is -2.11. The van der Waals surface area contributed by atoms with Crippen molar-refractivity contribution in [1.29, 1.82) is 0 Å². The number of nitrogens with two attached hydrogens (primary N) is 1. The Balaban J connectivity index is 1.97. The van der Waals surface area contributed by atoms with Crippen molar-refractivity contribution in [2.75, 3.05) is 6.61 Å². The molecule has 88 valence electrons. The van der Waals surface area contributed by atoms with E-state index in [1.165, 1.54) is 37.9 Å². The van der Waals surface area contributed by atoms with Crippen LogP contribution in [-0.4, -0.2) is 11.6 Å². The molecule has 4 heteroatoms. The summed E-state index contributed by atoms with van der Waals surface area (Å²) in [6.45, 7) is 0.927. The quantitative estimate of drug-likeness (QED) is 0.853. The lowest BCUT2D eigenvalue weighted by Gasteiger charge is -2.12. The van der Waals surface area contributed by atoms with Crippen molar-refractivity contribution in [3.05, 3.63) is 23.6 Å². The van der Waals surface area contributed by atoms with Crippen LogP contribution >= 0.6 is 0 Å². The highest BCUT2D eigenvalue weighted by Gasteiger charge is 2.16. The number of pyridine rings is 1. The molecule has 0 spiro atoms. The standard InChI is InChI=1S/C12H17FN2O/c13-11-5-10(6-14)12(15-7-11)16-8-9-3-1-2-4-9/h5,7,9H,1-4,6,8,14H2. The van der Waals surface area contributed by atoms with Gasteiger partial charge in [0, 0.05) is 12.1 Å². The molecule has 1 aromatic heterocycles. The summed E-state index contributed by atoms with van der Waals surface area (Å²) in [5.74, 6) is 0.738. The summed E-state index contributed by atoms with van der Waals surface area (Å²) >= 11 is 0. The fraction of sp³-hybridized carbons (Fsp3) is 0.583. The zero-order valence-corrected chi connectivity index (χ0v) is 9.29. The molecule has 0 unspecified atom stereocenters. The van der Waals surface area contributed by atoms with Gasteiger partial charge in [0.05, 0.1) is 12.8 Å². The average Bonchev–Trinajstić information content (AvgIpc) is 2.80. The Kier molecular flexibility index (Phi) is 3.72. The third kappa shape index (κ3) is 2.70. The smallest absolute Gasteiger partial charge is 0.218 e. The van der Waals surface area contributed by atoms with Crippen LogP contribution in [0, 0.1) is 11.7 Å². The molecule has 3 nitrogen and oxygen atoms in total. The van der Waals surface area contributed by atoms with E-state index in [-0.39, 0.29) is 12.4 Å². The van der Waals surface area contributed by atoms with Gasteiger partial charge in [-0.15, -0.1) is 0 Å². The maximum atomic E-state index is 12.9. The molecule has 0 radical (unpaired) electrons. The minimum Gasteiger partial charge on any atom is -0.477 e. The molecule has 1 heterocycles. The summed E-state index contributed by atoms with van der Waals surface area (Å²) in [6.07, 6.45) is 6.19. The zero-order chi connectivity index (χ0) is 11.4. The van der Waals surface area contributed by atoms with Crippen LogP contribution < -0.4 is 10.5 Å². The topological polar surface area (TPSA) is 48.1 Å². The summed E-state index contributed by atoms with van der Waals surface area (Å²) in [4.78, 5) is 3.93. The van der Waals surface area contributed by atoms with Gasteiger partial charge < -0.3 is 10.5 Å². The van der Waals surface area contributed by atoms with E-state index >= 15 is 0 Å². The lowest BCUT2D eigenvalue weighted by atomic mass is 10.1. The third-order valence-corrected chi connectivity index (χ3v) is 3.04. The van der Waals surface area contributed by atoms with Gasteiger partial charge in [0.25, 0.3) is 0 Å². The van der Waals surface area contributed by atoms with Crippen molar-refractivity contribution in [1.82, 2.24) is 4.98 Å². The van der Waals surface area contributed by atoms with Crippen molar-refractivity contribution < 1.29 is 9.13 Å². The van der Waals surface area contributed by atoms with Gasteiger partial charge >= 0.3 is 0 Å². The molecule has 0 amide bonds. The molecule has 2 rings (SSSR count). The minimum atomic E-state index is -0.367. The van der Waals surface area contributed by atoms with Crippen molar-refractivity contribution in [2.24, 2.45) is 11.7 Å². The van der Waals surface area contributed by atoms with Gasteiger partial charge in [-0.3, -0.25) is 0 Å². The second kappa shape index (κ2) is 5.25. The lowest BCUT2D eigenvalue weighted by molar-refractivity contribution is 0.240. The molecule has 0 aromatic carbocycles. The molecule has 1 saturated carbocycles. The molecule has 0 aliphatic heterocycles. The van der Waals surface area contributed by atoms with Gasteiger partial charge in [0.15, 0.2) is 0 Å². The maximum Gasteiger partial charge on any atom is 0.218 e. The van der Waals surface area contributed by atoms with Crippen molar-refractivity contribution in [2.45, 2.75) is 32.2 Å². The Bertz CT molecular complexity index is 351. The van der Waals surface area contributed by atoms with Gasteiger partial charge in [-0.2, -0.15) is 0 Å². The third-order valence-electron chi connectivity index (χ3n) is 3.04. The van der Waals surface area contributed by atoms with Crippen LogP contribution in [-0.2, 0) is 6.54 Å². The molecule has 1 aliphatic rings. The highest BCUT2D eigenvalue weighted by Crippen LogP contribution is 2.26. The number of ether oxygens (including phenoxy) is 1. The number of hydrogen-bond acceptors (Lipinski definition) is 3. The molecule has 16 heavy (non-hydrogen) atoms. The van der Waals surface area contributed by atoms with Gasteiger partial charge in [0.2, 0.25) is 5.88 Å². The van der Waals surface area contributed by atoms with Crippen molar-refractivity contribution in [3.63, 3.8) is 0 Å². The van der Waals surface area contributed by atoms with Gasteiger partial charge in [-0.25, -0.2) is 9.37 Å². The number of rotatable bonds is 4. The molecule has 1 fully saturated rings. The Hall–Kier alpha value is -1.16. The van der Waals surface area contributed by atoms with Crippen LogP contribution in [0.3, 0.4) is 0 Å². The monoisotopic (exact) mass is 224 g/mol. The van der Waals surface area contributed by atoms with Crippen molar-refractivity contribution >= 4 is 0 Å². The molecule has 0 bridgehead atoms. The zero-order valence-electron chi connectivity index (χ0n) is 9.29. The molecular weight excluding hydrogens is 207 g/mol. The first-order valence-electron chi connectivity index (χ1n) is 5.77. The Labute approximate surface area is 94.8 Å². The van der Waals surface area contributed by atoms with Crippen LogP contribution in [0.2, 0.25) is 0 Å². The van der Waals surface area contributed by atoms with Gasteiger partial charge in [-0.1, -0.05) is 12.8 Å². The van der Waals surface area contributed by atoms with Gasteiger partial charge in [0.1, 0.15) is 5.82 Å². The van der Waals surface area contributed by atoms with E-state index in [2.05, 4.69) is 4.98 Å². The summed E-state index contributed by atoms with van der Waals surface area (Å²) in [6, 6.07) is 1.39. The summed E-state index contributed by atoms with van der Waals surface area (Å²) in [5, 5.41) is 0. The average molecular weight is 224 g/mol. The van der Waals surface area contributed by atoms with Crippen LogP contribution in [0.15, 0.2) is 12.3 Å². The van der Waals surface area contributed by atoms with Crippen LogP contribution in [0.5, 0.6) is 5.88 Å². The molecular formula is C12H17FN2O. The summed E-state index contributed by atoms with van der Waals surface area (Å²) in [5.41, 5.74) is 6.15. The fourth-order valence-corrected chi connectivity index (χ4v) is 2.12. The number of nitrogens with zero attached hydrogens (tertiary/aromatic N) is 1. The Morgan fingerprint density at radius 1 is 1.44 bits per heavy atom. The summed E-state index contributed by atoms with van der Waals surface area (Å²) in [7, 11) is 0. The fourth-order valence-electron chi connectivity index (χ4n) is 2.12. The SMILES string of the molecule is NCc1cc(F)cnc1OCC1CCCC1. The van der Waals surface area contributed by atoms with E-state index in [1.54, 1.807) is 0 Å². The molecule has 1 aromatic rings. The van der Waals surface area contributed by atoms with E-state index in [0.717, 1.165) is 0 Å².